The minimum absolute atomic E-state index is 0.163. The molecule has 2 amide bonds. The van der Waals surface area contributed by atoms with E-state index in [1.165, 1.54) is 9.13 Å². The summed E-state index contributed by atoms with van der Waals surface area (Å²) in [5.41, 5.74) is 16.3. The van der Waals surface area contributed by atoms with Crippen molar-refractivity contribution in [1.82, 2.24) is 24.4 Å². The summed E-state index contributed by atoms with van der Waals surface area (Å²) in [4.78, 5) is 65.1. The number of imidazole rings is 1. The monoisotopic (exact) mass is 588 g/mol. The number of hydrogen-bond acceptors (Lipinski definition) is 9. The van der Waals surface area contributed by atoms with Crippen LogP contribution >= 0.6 is 0 Å². The van der Waals surface area contributed by atoms with Crippen molar-refractivity contribution in [2.45, 2.75) is 65.1 Å². The van der Waals surface area contributed by atoms with Crippen molar-refractivity contribution in [2.24, 2.45) is 17.2 Å². The molecular weight excluding hydrogens is 548 g/mol. The molecule has 0 fully saturated rings. The lowest BCUT2D eigenvalue weighted by Gasteiger charge is -2.10. The Morgan fingerprint density at radius 1 is 1.07 bits per heavy atom. The Hall–Kier alpha value is -4.50. The predicted octanol–water partition coefficient (Wildman–Crippen LogP) is -0.119. The largest absolute Gasteiger partial charge is 0.482 e. The number of fused-ring (bicyclic) bond motifs is 1. The highest BCUT2D eigenvalue weighted by molar-refractivity contribution is 5.86. The van der Waals surface area contributed by atoms with Gasteiger partial charge in [0.25, 0.3) is 5.56 Å². The summed E-state index contributed by atoms with van der Waals surface area (Å²) in [6.07, 6.45) is 3.63. The van der Waals surface area contributed by atoms with Gasteiger partial charge in [0.15, 0.2) is 12.3 Å². The molecule has 0 aliphatic rings. The molecule has 0 aliphatic heterocycles. The molecule has 15 nitrogen and oxygen atoms in total. The van der Waals surface area contributed by atoms with Crippen molar-refractivity contribution in [3.8, 4) is 17.1 Å². The predicted molar refractivity (Wildman–Crippen MR) is 157 cm³/mol. The van der Waals surface area contributed by atoms with Gasteiger partial charge in [-0.1, -0.05) is 20.3 Å². The quantitative estimate of drug-likeness (QED) is 0.129. The number of nitrogens with zero attached hydrogens (tertiary/aromatic N) is 3. The Balaban J connectivity index is 0.000000374. The fraction of sp³-hybridized carbons (Fsp3) is 0.481. The summed E-state index contributed by atoms with van der Waals surface area (Å²) in [6, 6.07) is 6.09. The van der Waals surface area contributed by atoms with Crippen LogP contribution in [0.1, 0.15) is 46.0 Å². The van der Waals surface area contributed by atoms with E-state index in [4.69, 9.17) is 27.0 Å². The number of aliphatic carboxylic acids is 1. The van der Waals surface area contributed by atoms with E-state index in [0.29, 0.717) is 60.8 Å². The number of benzene rings is 1. The second kappa shape index (κ2) is 16.7. The van der Waals surface area contributed by atoms with E-state index in [-0.39, 0.29) is 23.7 Å². The van der Waals surface area contributed by atoms with E-state index >= 15 is 0 Å². The number of primary amides is 1. The lowest BCUT2D eigenvalue weighted by atomic mass is 10.1. The zero-order valence-electron chi connectivity index (χ0n) is 23.9. The maximum atomic E-state index is 12.7. The zero-order chi connectivity index (χ0) is 31.2. The van der Waals surface area contributed by atoms with E-state index in [0.717, 1.165) is 19.3 Å². The fourth-order valence-electron chi connectivity index (χ4n) is 3.95. The Morgan fingerprint density at radius 3 is 2.29 bits per heavy atom. The van der Waals surface area contributed by atoms with Gasteiger partial charge in [-0.25, -0.2) is 14.6 Å². The van der Waals surface area contributed by atoms with Crippen molar-refractivity contribution < 1.29 is 24.2 Å². The molecule has 0 spiro atoms. The van der Waals surface area contributed by atoms with Gasteiger partial charge in [-0.05, 0) is 56.5 Å². The molecule has 3 rings (SSSR count). The van der Waals surface area contributed by atoms with Gasteiger partial charge in [0.05, 0.1) is 12.6 Å². The average Bonchev–Trinajstić information content (AvgIpc) is 3.41. The van der Waals surface area contributed by atoms with Gasteiger partial charge in [0, 0.05) is 18.7 Å². The van der Waals surface area contributed by atoms with E-state index in [2.05, 4.69) is 15.3 Å². The molecule has 15 heteroatoms. The van der Waals surface area contributed by atoms with Crippen LogP contribution in [0.25, 0.3) is 22.6 Å². The number of rotatable bonds is 15. The van der Waals surface area contributed by atoms with Crippen molar-refractivity contribution in [1.29, 1.82) is 0 Å². The van der Waals surface area contributed by atoms with Crippen LogP contribution < -0.4 is 38.5 Å². The molecule has 2 heterocycles. The highest BCUT2D eigenvalue weighted by Crippen LogP contribution is 2.21. The van der Waals surface area contributed by atoms with Crippen LogP contribution in [0, 0.1) is 0 Å². The third-order valence-electron chi connectivity index (χ3n) is 5.99. The summed E-state index contributed by atoms with van der Waals surface area (Å²) >= 11 is 0. The molecule has 42 heavy (non-hydrogen) atoms. The number of hydrogen-bond donors (Lipinski definition) is 6. The molecule has 1 aromatic carbocycles. The Kier molecular flexibility index (Phi) is 13.4. The maximum Gasteiger partial charge on any atom is 0.341 e. The molecular formula is C27H40N8O7. The molecule has 3 aromatic rings. The molecule has 0 bridgehead atoms. The van der Waals surface area contributed by atoms with Gasteiger partial charge >= 0.3 is 11.7 Å². The van der Waals surface area contributed by atoms with E-state index < -0.39 is 24.5 Å². The Bertz CT molecular complexity index is 1460. The molecule has 0 unspecified atom stereocenters. The van der Waals surface area contributed by atoms with E-state index in [9.17, 15) is 24.0 Å². The number of nitrogens with one attached hydrogen (secondary N) is 2. The van der Waals surface area contributed by atoms with Crippen LogP contribution in [0.15, 0.2) is 33.9 Å². The van der Waals surface area contributed by atoms with Gasteiger partial charge < -0.3 is 37.3 Å². The number of amides is 2. The summed E-state index contributed by atoms with van der Waals surface area (Å²) in [5, 5.41) is 11.0. The number of carbonyl (C=O) groups is 3. The molecule has 2 aromatic heterocycles. The third kappa shape index (κ3) is 9.55. The van der Waals surface area contributed by atoms with Crippen molar-refractivity contribution >= 4 is 28.9 Å². The van der Waals surface area contributed by atoms with Crippen LogP contribution in [0.5, 0.6) is 5.75 Å². The highest BCUT2D eigenvalue weighted by Gasteiger charge is 2.17. The summed E-state index contributed by atoms with van der Waals surface area (Å²) < 4.78 is 7.88. The number of aromatic amines is 1. The molecule has 0 radical (unpaired) electrons. The highest BCUT2D eigenvalue weighted by atomic mass is 16.5. The van der Waals surface area contributed by atoms with Crippen molar-refractivity contribution in [3.63, 3.8) is 0 Å². The number of carbonyl (C=O) groups excluding carboxylic acids is 2. The first-order valence-corrected chi connectivity index (χ1v) is 13.7. The normalized spacial score (nSPS) is 11.4. The van der Waals surface area contributed by atoms with Gasteiger partial charge in [-0.3, -0.25) is 23.5 Å². The molecule has 1 atom stereocenters. The molecule has 9 N–H and O–H groups in total. The second-order valence-corrected chi connectivity index (χ2v) is 9.46. The van der Waals surface area contributed by atoms with Crippen LogP contribution in [-0.2, 0) is 27.5 Å². The van der Waals surface area contributed by atoms with Crippen molar-refractivity contribution in [3.05, 3.63) is 45.1 Å². The topological polar surface area (TPSA) is 243 Å². The molecule has 0 aliphatic carbocycles. The molecule has 0 saturated carbocycles. The Morgan fingerprint density at radius 2 is 1.71 bits per heavy atom. The SMILES string of the molecule is CCCn1c(=O)c2[nH]c(-c3ccc(OCC(=O)O)cc3)nc2n(CCC)c1=O.NCCCC[C@H](N)C(=O)NCC(N)=O. The van der Waals surface area contributed by atoms with Crippen molar-refractivity contribution in [2.75, 3.05) is 19.7 Å². The number of unbranched alkanes of at least 4 members (excludes halogenated alkanes) is 1. The second-order valence-electron chi connectivity index (χ2n) is 9.46. The number of H-pyrrole nitrogens is 1. The van der Waals surface area contributed by atoms with Gasteiger partial charge in [0.1, 0.15) is 17.1 Å². The van der Waals surface area contributed by atoms with Crippen LogP contribution in [0.4, 0.5) is 0 Å². The minimum atomic E-state index is -1.06. The van der Waals surface area contributed by atoms with Gasteiger partial charge in [-0.2, -0.15) is 0 Å². The maximum absolute atomic E-state index is 12.7. The third-order valence-corrected chi connectivity index (χ3v) is 5.99. The molecule has 230 valence electrons. The van der Waals surface area contributed by atoms with Gasteiger partial charge in [0.2, 0.25) is 11.8 Å². The average molecular weight is 589 g/mol. The number of aryl methyl sites for hydroxylation is 1. The first-order chi connectivity index (χ1) is 20.0. The van der Waals surface area contributed by atoms with Gasteiger partial charge in [-0.15, -0.1) is 0 Å². The lowest BCUT2D eigenvalue weighted by Crippen LogP contribution is -2.43. The van der Waals surface area contributed by atoms with Crippen LogP contribution in [-0.4, -0.2) is 67.7 Å². The summed E-state index contributed by atoms with van der Waals surface area (Å²) in [6.45, 7) is 4.68. The standard InChI is InChI=1S/C19H22N4O5.C8H18N4O2/c1-3-9-22-17-15(18(26)23(10-4-2)19(22)27)20-16(21-17)12-5-7-13(8-6-12)28-11-14(24)25;9-4-2-1-3-6(10)8(14)12-5-7(11)13/h5-8H,3-4,9-11H2,1-2H3,(H,20,21)(H,24,25);6H,1-5,9-10H2,(H2,11,13)(H,12,14)/t;6-/m.0/s1. The Labute approximate surface area is 242 Å². The zero-order valence-corrected chi connectivity index (χ0v) is 23.9. The number of carboxylic acids is 1. The number of nitrogens with two attached hydrogens (primary N) is 3. The number of aromatic nitrogens is 4. The fourth-order valence-corrected chi connectivity index (χ4v) is 3.95. The summed E-state index contributed by atoms with van der Waals surface area (Å²) in [5.74, 6) is -1.11. The van der Waals surface area contributed by atoms with Crippen LogP contribution in [0.3, 0.4) is 0 Å². The first kappa shape index (κ1) is 33.7. The number of carboxylic acid groups (broad SMARTS) is 1. The number of ether oxygens (including phenoxy) is 1. The first-order valence-electron chi connectivity index (χ1n) is 13.7. The summed E-state index contributed by atoms with van der Waals surface area (Å²) in [7, 11) is 0. The van der Waals surface area contributed by atoms with Crippen LogP contribution in [0.2, 0.25) is 0 Å². The minimum Gasteiger partial charge on any atom is -0.482 e. The van der Waals surface area contributed by atoms with E-state index in [1.807, 2.05) is 13.8 Å². The lowest BCUT2D eigenvalue weighted by molar-refractivity contribution is -0.139. The molecule has 0 saturated heterocycles. The smallest absolute Gasteiger partial charge is 0.341 e. The van der Waals surface area contributed by atoms with E-state index in [1.54, 1.807) is 24.3 Å².